The molecule has 0 bridgehead atoms. The minimum atomic E-state index is -0.484. The molecule has 4 nitrogen and oxygen atoms in total. The smallest absolute Gasteiger partial charge is 0.434 e. The summed E-state index contributed by atoms with van der Waals surface area (Å²) in [5.41, 5.74) is 0. The molecule has 0 spiro atoms. The molecule has 1 atom stereocenters. The molecule has 0 aliphatic heterocycles. The standard InChI is InChI=1S/C24H49NO3/c1-5-9-10-11-12-13-14-15-16-17-20-23(6-2)28-24(26)27-22-19-18-21-25(7-3)8-4/h23H,5-22H2,1-4H3. The van der Waals surface area contributed by atoms with Gasteiger partial charge in [0.25, 0.3) is 0 Å². The van der Waals surface area contributed by atoms with Crippen molar-refractivity contribution in [1.29, 1.82) is 0 Å². The van der Waals surface area contributed by atoms with Gasteiger partial charge in [-0.1, -0.05) is 85.5 Å². The Labute approximate surface area is 175 Å². The number of ether oxygens (including phenoxy) is 2. The van der Waals surface area contributed by atoms with E-state index in [9.17, 15) is 4.79 Å². The zero-order chi connectivity index (χ0) is 20.9. The lowest BCUT2D eigenvalue weighted by Crippen LogP contribution is -2.24. The van der Waals surface area contributed by atoms with Gasteiger partial charge in [-0.25, -0.2) is 4.79 Å². The normalized spacial score (nSPS) is 12.3. The highest BCUT2D eigenvalue weighted by atomic mass is 16.7. The van der Waals surface area contributed by atoms with Crippen LogP contribution in [0.25, 0.3) is 0 Å². The molecule has 0 aromatic rings. The Hall–Kier alpha value is -0.770. The van der Waals surface area contributed by atoms with Crippen molar-refractivity contribution in [3.05, 3.63) is 0 Å². The SMILES string of the molecule is CCCCCCCCCCCCC(CC)OC(=O)OCCCCN(CC)CC. The highest BCUT2D eigenvalue weighted by Crippen LogP contribution is 2.14. The van der Waals surface area contributed by atoms with Crippen LogP contribution in [0.4, 0.5) is 4.79 Å². The van der Waals surface area contributed by atoms with Crippen LogP contribution < -0.4 is 0 Å². The van der Waals surface area contributed by atoms with E-state index < -0.39 is 6.16 Å². The molecule has 0 aromatic carbocycles. The molecule has 0 saturated heterocycles. The average Bonchev–Trinajstić information content (AvgIpc) is 2.71. The molecule has 0 aliphatic carbocycles. The zero-order valence-corrected chi connectivity index (χ0v) is 19.5. The molecule has 1 unspecified atom stereocenters. The molecule has 0 fully saturated rings. The first-order valence-electron chi connectivity index (χ1n) is 12.2. The second-order valence-electron chi connectivity index (χ2n) is 7.95. The minimum Gasteiger partial charge on any atom is -0.434 e. The van der Waals surface area contributed by atoms with Gasteiger partial charge in [0.05, 0.1) is 6.61 Å². The fourth-order valence-corrected chi connectivity index (χ4v) is 3.51. The van der Waals surface area contributed by atoms with Gasteiger partial charge in [0.1, 0.15) is 6.10 Å². The van der Waals surface area contributed by atoms with E-state index in [1.165, 1.54) is 57.8 Å². The fourth-order valence-electron chi connectivity index (χ4n) is 3.51. The van der Waals surface area contributed by atoms with Gasteiger partial charge in [0.2, 0.25) is 0 Å². The first-order valence-corrected chi connectivity index (χ1v) is 12.2. The molecular weight excluding hydrogens is 350 g/mol. The van der Waals surface area contributed by atoms with Gasteiger partial charge in [-0.05, 0) is 51.7 Å². The zero-order valence-electron chi connectivity index (χ0n) is 19.5. The van der Waals surface area contributed by atoms with Crippen molar-refractivity contribution in [2.75, 3.05) is 26.2 Å². The van der Waals surface area contributed by atoms with E-state index in [0.29, 0.717) is 6.61 Å². The number of carbonyl (C=O) groups is 1. The van der Waals surface area contributed by atoms with Crippen molar-refractivity contribution in [2.24, 2.45) is 0 Å². The molecule has 0 heterocycles. The summed E-state index contributed by atoms with van der Waals surface area (Å²) < 4.78 is 10.7. The Morgan fingerprint density at radius 3 is 1.86 bits per heavy atom. The Balaban J connectivity index is 3.57. The summed E-state index contributed by atoms with van der Waals surface area (Å²) in [5.74, 6) is 0. The molecule has 4 heteroatoms. The fraction of sp³-hybridized carbons (Fsp3) is 0.958. The number of hydrogen-bond acceptors (Lipinski definition) is 4. The molecular formula is C24H49NO3. The van der Waals surface area contributed by atoms with Crippen molar-refractivity contribution in [3.63, 3.8) is 0 Å². The topological polar surface area (TPSA) is 38.8 Å². The van der Waals surface area contributed by atoms with E-state index in [1.54, 1.807) is 0 Å². The number of unbranched alkanes of at least 4 members (excludes halogenated alkanes) is 10. The van der Waals surface area contributed by atoms with Crippen LogP contribution in [0.5, 0.6) is 0 Å². The Bertz CT molecular complexity index is 332. The summed E-state index contributed by atoms with van der Waals surface area (Å²) >= 11 is 0. The summed E-state index contributed by atoms with van der Waals surface area (Å²) in [5, 5.41) is 0. The first-order chi connectivity index (χ1) is 13.7. The van der Waals surface area contributed by atoms with Crippen molar-refractivity contribution >= 4 is 6.16 Å². The van der Waals surface area contributed by atoms with Gasteiger partial charge < -0.3 is 14.4 Å². The summed E-state index contributed by atoms with van der Waals surface area (Å²) in [6.07, 6.45) is 16.6. The average molecular weight is 400 g/mol. The van der Waals surface area contributed by atoms with Gasteiger partial charge >= 0.3 is 6.16 Å². The van der Waals surface area contributed by atoms with Crippen LogP contribution in [-0.2, 0) is 9.47 Å². The van der Waals surface area contributed by atoms with Gasteiger partial charge in [-0.15, -0.1) is 0 Å². The van der Waals surface area contributed by atoms with E-state index in [-0.39, 0.29) is 6.10 Å². The molecule has 0 radical (unpaired) electrons. The first kappa shape index (κ1) is 27.2. The third-order valence-corrected chi connectivity index (χ3v) is 5.58. The lowest BCUT2D eigenvalue weighted by Gasteiger charge is -2.18. The summed E-state index contributed by atoms with van der Waals surface area (Å²) in [6, 6.07) is 0. The van der Waals surface area contributed by atoms with Crippen LogP contribution in [0.15, 0.2) is 0 Å². The molecule has 0 rings (SSSR count). The maximum Gasteiger partial charge on any atom is 0.508 e. The Morgan fingerprint density at radius 1 is 0.750 bits per heavy atom. The Kier molecular flexibility index (Phi) is 20.4. The number of rotatable bonds is 20. The maximum atomic E-state index is 11.8. The summed E-state index contributed by atoms with van der Waals surface area (Å²) in [4.78, 5) is 14.2. The van der Waals surface area contributed by atoms with Gasteiger partial charge in [0.15, 0.2) is 0 Å². The van der Waals surface area contributed by atoms with Crippen molar-refractivity contribution < 1.29 is 14.3 Å². The second-order valence-corrected chi connectivity index (χ2v) is 7.95. The molecule has 0 aliphatic rings. The monoisotopic (exact) mass is 399 g/mol. The van der Waals surface area contributed by atoms with E-state index in [1.807, 2.05) is 0 Å². The Morgan fingerprint density at radius 2 is 1.32 bits per heavy atom. The van der Waals surface area contributed by atoms with Gasteiger partial charge in [-0.2, -0.15) is 0 Å². The second kappa shape index (κ2) is 21.0. The van der Waals surface area contributed by atoms with Crippen LogP contribution >= 0.6 is 0 Å². The third-order valence-electron chi connectivity index (χ3n) is 5.58. The van der Waals surface area contributed by atoms with Crippen LogP contribution in [-0.4, -0.2) is 43.4 Å². The quantitative estimate of drug-likeness (QED) is 0.158. The van der Waals surface area contributed by atoms with E-state index in [0.717, 1.165) is 51.7 Å². The van der Waals surface area contributed by atoms with E-state index in [2.05, 4.69) is 32.6 Å². The van der Waals surface area contributed by atoms with Crippen LogP contribution in [0.2, 0.25) is 0 Å². The van der Waals surface area contributed by atoms with Crippen LogP contribution in [0.3, 0.4) is 0 Å². The van der Waals surface area contributed by atoms with Crippen molar-refractivity contribution in [2.45, 2.75) is 124 Å². The van der Waals surface area contributed by atoms with Crippen molar-refractivity contribution in [3.8, 4) is 0 Å². The lowest BCUT2D eigenvalue weighted by molar-refractivity contribution is 0.0176. The van der Waals surface area contributed by atoms with Gasteiger partial charge in [0, 0.05) is 0 Å². The van der Waals surface area contributed by atoms with E-state index in [4.69, 9.17) is 9.47 Å². The van der Waals surface area contributed by atoms with Crippen LogP contribution in [0, 0.1) is 0 Å². The predicted molar refractivity (Wildman–Crippen MR) is 120 cm³/mol. The number of hydrogen-bond donors (Lipinski definition) is 0. The summed E-state index contributed by atoms with van der Waals surface area (Å²) in [6.45, 7) is 12.4. The summed E-state index contributed by atoms with van der Waals surface area (Å²) in [7, 11) is 0. The van der Waals surface area contributed by atoms with Crippen LogP contribution in [0.1, 0.15) is 118 Å². The predicted octanol–water partition coefficient (Wildman–Crippen LogP) is 7.35. The highest BCUT2D eigenvalue weighted by Gasteiger charge is 2.13. The minimum absolute atomic E-state index is 0.0113. The van der Waals surface area contributed by atoms with E-state index >= 15 is 0 Å². The van der Waals surface area contributed by atoms with Gasteiger partial charge in [-0.3, -0.25) is 0 Å². The molecule has 0 amide bonds. The largest absolute Gasteiger partial charge is 0.508 e. The molecule has 28 heavy (non-hydrogen) atoms. The third kappa shape index (κ3) is 17.3. The lowest BCUT2D eigenvalue weighted by atomic mass is 10.0. The molecule has 0 N–H and O–H groups in total. The molecule has 0 aromatic heterocycles. The molecule has 0 saturated carbocycles. The number of carbonyl (C=O) groups excluding carboxylic acids is 1. The number of nitrogens with zero attached hydrogens (tertiary/aromatic N) is 1. The molecule has 168 valence electrons. The highest BCUT2D eigenvalue weighted by molar-refractivity contribution is 5.60. The van der Waals surface area contributed by atoms with Crippen molar-refractivity contribution in [1.82, 2.24) is 4.90 Å². The maximum absolute atomic E-state index is 11.8.